The second-order valence-corrected chi connectivity index (χ2v) is 6.02. The highest BCUT2D eigenvalue weighted by atomic mass is 79.9. The third kappa shape index (κ3) is 3.62. The highest BCUT2D eigenvalue weighted by Gasteiger charge is 2.49. The van der Waals surface area contributed by atoms with Crippen LogP contribution < -0.4 is 0 Å². The molecular formula is C18H17BrO4. The van der Waals surface area contributed by atoms with Crippen molar-refractivity contribution in [1.82, 2.24) is 0 Å². The lowest BCUT2D eigenvalue weighted by molar-refractivity contribution is -0.161. The first-order valence-electron chi connectivity index (χ1n) is 7.21. The lowest BCUT2D eigenvalue weighted by Gasteiger charge is -2.28. The van der Waals surface area contributed by atoms with Gasteiger partial charge in [-0.15, -0.1) is 0 Å². The van der Waals surface area contributed by atoms with E-state index in [1.165, 1.54) is 0 Å². The van der Waals surface area contributed by atoms with Crippen LogP contribution in [0.25, 0.3) is 0 Å². The molecular weight excluding hydrogens is 360 g/mol. The van der Waals surface area contributed by atoms with Gasteiger partial charge in [0.15, 0.2) is 5.41 Å². The van der Waals surface area contributed by atoms with Crippen LogP contribution in [0.1, 0.15) is 18.1 Å². The molecule has 0 heterocycles. The molecule has 0 fully saturated rings. The minimum atomic E-state index is -1.77. The topological polar surface area (TPSA) is 63.6 Å². The summed E-state index contributed by atoms with van der Waals surface area (Å²) in [6.45, 7) is 1.79. The number of carbonyl (C=O) groups is 2. The summed E-state index contributed by atoms with van der Waals surface area (Å²) in [6.07, 6.45) is 0.0314. The van der Waals surface area contributed by atoms with Crippen LogP contribution in [0.15, 0.2) is 59.1 Å². The summed E-state index contributed by atoms with van der Waals surface area (Å²) in [5, 5.41) is 9.89. The van der Waals surface area contributed by atoms with Crippen LogP contribution in [0, 0.1) is 0 Å². The molecule has 5 heteroatoms. The Balaban J connectivity index is 2.57. The van der Waals surface area contributed by atoms with Crippen LogP contribution in [0.3, 0.4) is 0 Å². The molecule has 0 amide bonds. The Morgan fingerprint density at radius 1 is 1.09 bits per heavy atom. The van der Waals surface area contributed by atoms with Gasteiger partial charge in [0.25, 0.3) is 0 Å². The number of carboxylic acids is 1. The van der Waals surface area contributed by atoms with Gasteiger partial charge in [-0.25, -0.2) is 0 Å². The van der Waals surface area contributed by atoms with E-state index in [9.17, 15) is 14.7 Å². The van der Waals surface area contributed by atoms with Crippen LogP contribution in [-0.4, -0.2) is 23.7 Å². The summed E-state index contributed by atoms with van der Waals surface area (Å²) in [5.74, 6) is -1.97. The lowest BCUT2D eigenvalue weighted by Crippen LogP contribution is -2.47. The third-order valence-electron chi connectivity index (χ3n) is 3.64. The van der Waals surface area contributed by atoms with Crippen molar-refractivity contribution in [2.45, 2.75) is 18.8 Å². The van der Waals surface area contributed by atoms with Crippen LogP contribution in [0.5, 0.6) is 0 Å². The summed E-state index contributed by atoms with van der Waals surface area (Å²) in [6, 6.07) is 15.8. The van der Waals surface area contributed by atoms with Gasteiger partial charge in [-0.1, -0.05) is 58.4 Å². The first-order valence-corrected chi connectivity index (χ1v) is 8.00. The molecule has 120 valence electrons. The number of aliphatic carboxylic acids is 1. The molecule has 0 aromatic heterocycles. The molecule has 0 aliphatic heterocycles. The maximum absolute atomic E-state index is 12.6. The van der Waals surface area contributed by atoms with Crippen molar-refractivity contribution < 1.29 is 19.4 Å². The highest BCUT2D eigenvalue weighted by Crippen LogP contribution is 2.32. The molecule has 0 saturated heterocycles. The van der Waals surface area contributed by atoms with Crippen LogP contribution in [0.4, 0.5) is 0 Å². The second kappa shape index (κ2) is 7.42. The Kier molecular flexibility index (Phi) is 5.55. The number of rotatable bonds is 6. The molecule has 23 heavy (non-hydrogen) atoms. The van der Waals surface area contributed by atoms with Crippen molar-refractivity contribution in [2.24, 2.45) is 0 Å². The van der Waals surface area contributed by atoms with E-state index in [4.69, 9.17) is 4.74 Å². The van der Waals surface area contributed by atoms with Gasteiger partial charge in [-0.05, 0) is 30.2 Å². The minimum Gasteiger partial charge on any atom is -0.480 e. The molecule has 1 N–H and O–H groups in total. The lowest BCUT2D eigenvalue weighted by atomic mass is 9.75. The quantitative estimate of drug-likeness (QED) is 0.618. The van der Waals surface area contributed by atoms with Crippen LogP contribution in [0.2, 0.25) is 0 Å². The number of esters is 1. The molecule has 0 saturated carbocycles. The van der Waals surface area contributed by atoms with Gasteiger partial charge in [0, 0.05) is 10.9 Å². The third-order valence-corrected chi connectivity index (χ3v) is 4.17. The van der Waals surface area contributed by atoms with Gasteiger partial charge < -0.3 is 9.84 Å². The van der Waals surface area contributed by atoms with Gasteiger partial charge in [0.05, 0.1) is 6.61 Å². The zero-order valence-electron chi connectivity index (χ0n) is 12.7. The zero-order valence-corrected chi connectivity index (χ0v) is 14.2. The molecule has 2 rings (SSSR count). The van der Waals surface area contributed by atoms with E-state index < -0.39 is 17.4 Å². The fourth-order valence-electron chi connectivity index (χ4n) is 2.47. The molecule has 2 aromatic carbocycles. The number of hydrogen-bond acceptors (Lipinski definition) is 3. The van der Waals surface area contributed by atoms with E-state index in [1.807, 2.05) is 18.2 Å². The smallest absolute Gasteiger partial charge is 0.328 e. The van der Waals surface area contributed by atoms with Gasteiger partial charge in [0.2, 0.25) is 0 Å². The largest absolute Gasteiger partial charge is 0.480 e. The molecule has 0 radical (unpaired) electrons. The standard InChI is InChI=1S/C18H17BrO4/c1-2-23-17(22)18(16(20)21,12-13-6-4-3-5-7-13)14-8-10-15(19)11-9-14/h3-11H,2,12H2,1H3,(H,20,21). The van der Waals surface area contributed by atoms with Crippen molar-refractivity contribution in [3.8, 4) is 0 Å². The summed E-state index contributed by atoms with van der Waals surface area (Å²) >= 11 is 3.32. The average molecular weight is 377 g/mol. The van der Waals surface area contributed by atoms with E-state index in [0.717, 1.165) is 10.0 Å². The van der Waals surface area contributed by atoms with Crippen molar-refractivity contribution in [2.75, 3.05) is 6.61 Å². The molecule has 0 bridgehead atoms. The fraction of sp³-hybridized carbons (Fsp3) is 0.222. The van der Waals surface area contributed by atoms with Gasteiger partial charge in [-0.2, -0.15) is 0 Å². The summed E-state index contributed by atoms with van der Waals surface area (Å²) < 4.78 is 5.90. The van der Waals surface area contributed by atoms with E-state index in [0.29, 0.717) is 5.56 Å². The first kappa shape index (κ1) is 17.2. The van der Waals surface area contributed by atoms with Gasteiger partial charge >= 0.3 is 11.9 Å². The highest BCUT2D eigenvalue weighted by molar-refractivity contribution is 9.10. The predicted molar refractivity (Wildman–Crippen MR) is 90.2 cm³/mol. The number of hydrogen-bond donors (Lipinski definition) is 1. The van der Waals surface area contributed by atoms with Crippen molar-refractivity contribution in [1.29, 1.82) is 0 Å². The second-order valence-electron chi connectivity index (χ2n) is 5.10. The molecule has 4 nitrogen and oxygen atoms in total. The maximum atomic E-state index is 12.6. The predicted octanol–water partition coefficient (Wildman–Crippen LogP) is 3.58. The first-order chi connectivity index (χ1) is 11.0. The Morgan fingerprint density at radius 3 is 2.22 bits per heavy atom. The monoisotopic (exact) mass is 376 g/mol. The van der Waals surface area contributed by atoms with Crippen LogP contribution in [-0.2, 0) is 26.2 Å². The Hall–Kier alpha value is -2.14. The summed E-state index contributed by atoms with van der Waals surface area (Å²) in [4.78, 5) is 24.7. The van der Waals surface area contributed by atoms with Crippen LogP contribution >= 0.6 is 15.9 Å². The molecule has 1 atom stereocenters. The van der Waals surface area contributed by atoms with E-state index >= 15 is 0 Å². The van der Waals surface area contributed by atoms with E-state index in [2.05, 4.69) is 15.9 Å². The Morgan fingerprint density at radius 2 is 1.70 bits per heavy atom. The van der Waals surface area contributed by atoms with E-state index in [1.54, 1.807) is 43.3 Å². The maximum Gasteiger partial charge on any atom is 0.328 e. The normalized spacial score (nSPS) is 13.1. The summed E-state index contributed by atoms with van der Waals surface area (Å²) in [5.41, 5.74) is -0.612. The van der Waals surface area contributed by atoms with Crippen molar-refractivity contribution in [3.63, 3.8) is 0 Å². The summed E-state index contributed by atoms with van der Waals surface area (Å²) in [7, 11) is 0. The Bertz CT molecular complexity index is 682. The number of halogens is 1. The SMILES string of the molecule is CCOC(=O)C(Cc1ccccc1)(C(=O)O)c1ccc(Br)cc1. The average Bonchev–Trinajstić information content (AvgIpc) is 2.54. The number of carboxylic acid groups (broad SMARTS) is 1. The van der Waals surface area contributed by atoms with E-state index in [-0.39, 0.29) is 13.0 Å². The minimum absolute atomic E-state index is 0.0314. The molecule has 0 spiro atoms. The number of benzene rings is 2. The molecule has 2 aromatic rings. The molecule has 0 aliphatic rings. The van der Waals surface area contributed by atoms with Gasteiger partial charge in [0.1, 0.15) is 0 Å². The van der Waals surface area contributed by atoms with Crippen molar-refractivity contribution in [3.05, 3.63) is 70.2 Å². The fourth-order valence-corrected chi connectivity index (χ4v) is 2.73. The number of ether oxygens (including phenoxy) is 1. The van der Waals surface area contributed by atoms with Crippen molar-refractivity contribution >= 4 is 27.9 Å². The number of carbonyl (C=O) groups excluding carboxylic acids is 1. The zero-order chi connectivity index (χ0) is 16.9. The molecule has 0 aliphatic carbocycles. The Labute approximate surface area is 143 Å². The van der Waals surface area contributed by atoms with Gasteiger partial charge in [-0.3, -0.25) is 9.59 Å². The molecule has 1 unspecified atom stereocenters.